The van der Waals surface area contributed by atoms with Crippen LogP contribution < -0.4 is 0 Å². The summed E-state index contributed by atoms with van der Waals surface area (Å²) >= 11 is 0. The molecule has 0 nitrogen and oxygen atoms in total. The lowest BCUT2D eigenvalue weighted by molar-refractivity contribution is 1.20. The second-order valence-electron chi connectivity index (χ2n) is 4.72. The summed E-state index contributed by atoms with van der Waals surface area (Å²) in [6.45, 7) is 0. The highest BCUT2D eigenvalue weighted by Gasteiger charge is 2.05. The lowest BCUT2D eigenvalue weighted by Crippen LogP contribution is -1.86. The Morgan fingerprint density at radius 3 is 1.63 bits per heavy atom. The predicted octanol–water partition coefficient (Wildman–Crippen LogP) is 4.99. The van der Waals surface area contributed by atoms with Gasteiger partial charge in [-0.1, -0.05) is 72.8 Å². The van der Waals surface area contributed by atoms with Crippen molar-refractivity contribution >= 4 is 5.57 Å². The molecule has 0 heteroatoms. The standard InChI is InChI=1S/C19H16/c1-3-11-17(12-4-1)19(15-16-9-7-8-10-16)18-13-5-2-6-14-18/h1-8,11-14H,9-10H2. The lowest BCUT2D eigenvalue weighted by Gasteiger charge is -2.06. The van der Waals surface area contributed by atoms with Crippen LogP contribution in [0.2, 0.25) is 0 Å². The molecule has 0 spiro atoms. The van der Waals surface area contributed by atoms with Gasteiger partial charge in [0, 0.05) is 5.57 Å². The maximum atomic E-state index is 3.62. The summed E-state index contributed by atoms with van der Waals surface area (Å²) in [6.07, 6.45) is 6.50. The van der Waals surface area contributed by atoms with Crippen molar-refractivity contribution in [3.8, 4) is 0 Å². The van der Waals surface area contributed by atoms with Crippen molar-refractivity contribution in [3.05, 3.63) is 95.2 Å². The monoisotopic (exact) mass is 244 g/mol. The first-order chi connectivity index (χ1) is 9.43. The average Bonchev–Trinajstić information content (AvgIpc) is 3.00. The van der Waals surface area contributed by atoms with E-state index in [-0.39, 0.29) is 0 Å². The van der Waals surface area contributed by atoms with Crippen LogP contribution in [0.5, 0.6) is 0 Å². The van der Waals surface area contributed by atoms with Gasteiger partial charge in [0.25, 0.3) is 0 Å². The molecule has 0 atom stereocenters. The summed E-state index contributed by atoms with van der Waals surface area (Å²) in [4.78, 5) is 0. The minimum atomic E-state index is 1.03. The van der Waals surface area contributed by atoms with Crippen LogP contribution in [0.15, 0.2) is 84.1 Å². The minimum Gasteiger partial charge on any atom is -0.112 e. The SMILES string of the molecule is C(=C1CC=CC1)=C(c1ccccc1)c1ccccc1. The third kappa shape index (κ3) is 2.76. The molecule has 0 fully saturated rings. The molecule has 1 aliphatic rings. The highest BCUT2D eigenvalue weighted by Crippen LogP contribution is 2.25. The molecular formula is C19H16. The van der Waals surface area contributed by atoms with Crippen molar-refractivity contribution in [2.24, 2.45) is 0 Å². The van der Waals surface area contributed by atoms with Crippen LogP contribution in [0.1, 0.15) is 24.0 Å². The molecule has 0 aromatic heterocycles. The summed E-state index contributed by atoms with van der Waals surface area (Å²) in [5, 5.41) is 0. The van der Waals surface area contributed by atoms with E-state index in [1.807, 2.05) is 0 Å². The molecule has 0 N–H and O–H groups in total. The molecule has 3 rings (SSSR count). The third-order valence-electron chi connectivity index (χ3n) is 3.32. The lowest BCUT2D eigenvalue weighted by atomic mass is 9.97. The van der Waals surface area contributed by atoms with Gasteiger partial charge in [0.15, 0.2) is 0 Å². The molecule has 0 bridgehead atoms. The second kappa shape index (κ2) is 5.56. The summed E-state index contributed by atoms with van der Waals surface area (Å²) < 4.78 is 0. The van der Waals surface area contributed by atoms with E-state index in [0.29, 0.717) is 0 Å². The zero-order chi connectivity index (χ0) is 12.9. The van der Waals surface area contributed by atoms with Crippen LogP contribution in [-0.2, 0) is 0 Å². The number of hydrogen-bond donors (Lipinski definition) is 0. The second-order valence-corrected chi connectivity index (χ2v) is 4.72. The van der Waals surface area contributed by atoms with E-state index in [4.69, 9.17) is 0 Å². The highest BCUT2D eigenvalue weighted by molar-refractivity contribution is 5.79. The number of allylic oxidation sites excluding steroid dienone is 3. The van der Waals surface area contributed by atoms with Gasteiger partial charge in [-0.25, -0.2) is 0 Å². The highest BCUT2D eigenvalue weighted by atomic mass is 14.1. The molecule has 0 radical (unpaired) electrons. The molecule has 0 amide bonds. The first-order valence-corrected chi connectivity index (χ1v) is 6.68. The molecule has 0 heterocycles. The van der Waals surface area contributed by atoms with E-state index in [0.717, 1.165) is 12.8 Å². The quantitative estimate of drug-likeness (QED) is 0.515. The van der Waals surface area contributed by atoms with Crippen LogP contribution in [0.4, 0.5) is 0 Å². The molecule has 92 valence electrons. The van der Waals surface area contributed by atoms with Gasteiger partial charge in [-0.3, -0.25) is 0 Å². The van der Waals surface area contributed by atoms with Crippen LogP contribution in [-0.4, -0.2) is 0 Å². The molecule has 0 saturated carbocycles. The van der Waals surface area contributed by atoms with Gasteiger partial charge in [-0.2, -0.15) is 0 Å². The van der Waals surface area contributed by atoms with Gasteiger partial charge < -0.3 is 0 Å². The van der Waals surface area contributed by atoms with E-state index >= 15 is 0 Å². The number of benzene rings is 2. The normalized spacial score (nSPS) is 13.4. The Kier molecular flexibility index (Phi) is 3.45. The fourth-order valence-corrected chi connectivity index (χ4v) is 2.33. The van der Waals surface area contributed by atoms with Crippen LogP contribution >= 0.6 is 0 Å². The molecule has 0 saturated heterocycles. The first-order valence-electron chi connectivity index (χ1n) is 6.68. The Morgan fingerprint density at radius 2 is 1.16 bits per heavy atom. The summed E-state index contributed by atoms with van der Waals surface area (Å²) in [7, 11) is 0. The summed E-state index contributed by atoms with van der Waals surface area (Å²) in [5.74, 6) is 0. The smallest absolute Gasteiger partial charge is 0.0309 e. The molecular weight excluding hydrogens is 228 g/mol. The fraction of sp³-hybridized carbons (Fsp3) is 0.105. The average molecular weight is 244 g/mol. The van der Waals surface area contributed by atoms with E-state index in [1.54, 1.807) is 0 Å². The van der Waals surface area contributed by atoms with Gasteiger partial charge in [0.05, 0.1) is 0 Å². The first kappa shape index (κ1) is 11.8. The van der Waals surface area contributed by atoms with Crippen LogP contribution in [0.25, 0.3) is 5.57 Å². The van der Waals surface area contributed by atoms with Crippen LogP contribution in [0.3, 0.4) is 0 Å². The topological polar surface area (TPSA) is 0 Å². The molecule has 1 aliphatic carbocycles. The summed E-state index contributed by atoms with van der Waals surface area (Å²) in [6, 6.07) is 21.0. The fourth-order valence-electron chi connectivity index (χ4n) is 2.33. The Bertz CT molecular complexity index is 587. The maximum Gasteiger partial charge on any atom is 0.0309 e. The predicted molar refractivity (Wildman–Crippen MR) is 80.8 cm³/mol. The van der Waals surface area contributed by atoms with Gasteiger partial charge in [-0.05, 0) is 29.5 Å². The zero-order valence-corrected chi connectivity index (χ0v) is 10.8. The largest absolute Gasteiger partial charge is 0.112 e. The Hall–Kier alpha value is -2.30. The maximum absolute atomic E-state index is 3.62. The van der Waals surface area contributed by atoms with Gasteiger partial charge in [0.1, 0.15) is 0 Å². The minimum absolute atomic E-state index is 1.03. The third-order valence-corrected chi connectivity index (χ3v) is 3.32. The molecule has 19 heavy (non-hydrogen) atoms. The van der Waals surface area contributed by atoms with Crippen LogP contribution in [0, 0.1) is 0 Å². The van der Waals surface area contributed by atoms with E-state index in [2.05, 4.69) is 78.5 Å². The Balaban J connectivity index is 2.15. The van der Waals surface area contributed by atoms with Crippen molar-refractivity contribution in [1.29, 1.82) is 0 Å². The zero-order valence-electron chi connectivity index (χ0n) is 10.8. The van der Waals surface area contributed by atoms with Crippen molar-refractivity contribution in [2.45, 2.75) is 12.8 Å². The van der Waals surface area contributed by atoms with Crippen molar-refractivity contribution in [3.63, 3.8) is 0 Å². The number of hydrogen-bond acceptors (Lipinski definition) is 0. The van der Waals surface area contributed by atoms with E-state index < -0.39 is 0 Å². The summed E-state index contributed by atoms with van der Waals surface area (Å²) in [5.41, 5.74) is 8.64. The van der Waals surface area contributed by atoms with E-state index in [1.165, 1.54) is 22.3 Å². The van der Waals surface area contributed by atoms with Gasteiger partial charge >= 0.3 is 0 Å². The van der Waals surface area contributed by atoms with Crippen molar-refractivity contribution < 1.29 is 0 Å². The van der Waals surface area contributed by atoms with Crippen molar-refractivity contribution in [2.75, 3.05) is 0 Å². The van der Waals surface area contributed by atoms with Crippen molar-refractivity contribution in [1.82, 2.24) is 0 Å². The molecule has 2 aromatic carbocycles. The Morgan fingerprint density at radius 1 is 0.684 bits per heavy atom. The molecule has 0 unspecified atom stereocenters. The van der Waals surface area contributed by atoms with Gasteiger partial charge in [-0.15, -0.1) is 5.73 Å². The van der Waals surface area contributed by atoms with Gasteiger partial charge in [0.2, 0.25) is 0 Å². The Labute approximate surface area is 114 Å². The number of rotatable bonds is 2. The molecule has 0 aliphatic heterocycles. The molecule has 2 aromatic rings. The van der Waals surface area contributed by atoms with E-state index in [9.17, 15) is 0 Å².